The number of nitriles is 1. The Bertz CT molecular complexity index is 2180. The molecule has 0 unspecified atom stereocenters. The van der Waals surface area contributed by atoms with Crippen LogP contribution in [-0.2, 0) is 12.5 Å². The molecule has 0 fully saturated rings. The van der Waals surface area contributed by atoms with Gasteiger partial charge in [-0.3, -0.25) is 0 Å². The van der Waals surface area contributed by atoms with Crippen molar-refractivity contribution in [2.45, 2.75) is 26.2 Å². The third-order valence-corrected chi connectivity index (χ3v) is 8.14. The average Bonchev–Trinajstić information content (AvgIpc) is 3.48. The zero-order valence-electron chi connectivity index (χ0n) is 25.0. The largest absolute Gasteiger partial charge is 0.454 e. The Balaban J connectivity index is 1.55. The van der Waals surface area contributed by atoms with Gasteiger partial charge in [0.2, 0.25) is 11.9 Å². The molecule has 188 valence electrons. The van der Waals surface area contributed by atoms with E-state index >= 15 is 0 Å². The molecule has 1 aliphatic rings. The molecule has 0 aliphatic heterocycles. The Kier molecular flexibility index (Phi) is 4.22. The first-order chi connectivity index (χ1) is 20.1. The second-order valence-corrected chi connectivity index (χ2v) is 10.7. The van der Waals surface area contributed by atoms with Gasteiger partial charge >= 0.3 is 0 Å². The molecule has 1 aliphatic carbocycles. The van der Waals surface area contributed by atoms with Crippen molar-refractivity contribution in [1.82, 2.24) is 0 Å². The normalized spacial score (nSPS) is 14.5. The molecule has 39 heavy (non-hydrogen) atoms. The van der Waals surface area contributed by atoms with Crippen LogP contribution in [0.15, 0.2) is 89.4 Å². The standard InChI is InChI=1S/C35H26FN2O/c1-20-9-13-25-26-14-10-22(18-37)32(34(26)39-33(25)31(20)30-16-12-23(36)19-38(30)4)21-11-15-29-27(17-21)24-7-5-6-8-28(24)35(29,2)3/h5-17,19H,1-4H3/q+1/i12D,16D,19D. The fraction of sp³-hybridized carbons (Fsp3) is 0.143. The van der Waals surface area contributed by atoms with Crippen LogP contribution in [0, 0.1) is 24.1 Å². The van der Waals surface area contributed by atoms with Crippen molar-refractivity contribution in [3.05, 3.63) is 113 Å². The van der Waals surface area contributed by atoms with Crippen LogP contribution in [0.1, 0.15) is 40.2 Å². The van der Waals surface area contributed by atoms with Gasteiger partial charge in [-0.1, -0.05) is 62.4 Å². The minimum absolute atomic E-state index is 0.146. The highest BCUT2D eigenvalue weighted by Crippen LogP contribution is 2.50. The van der Waals surface area contributed by atoms with Crippen molar-refractivity contribution in [3.63, 3.8) is 0 Å². The number of hydrogen-bond donors (Lipinski definition) is 0. The van der Waals surface area contributed by atoms with E-state index in [1.54, 1.807) is 6.07 Å². The molecule has 0 spiro atoms. The molecule has 0 bridgehead atoms. The first kappa shape index (κ1) is 20.2. The van der Waals surface area contributed by atoms with Gasteiger partial charge in [-0.15, -0.1) is 0 Å². The van der Waals surface area contributed by atoms with Gasteiger partial charge in [-0.25, -0.2) is 4.39 Å². The minimum atomic E-state index is -1.04. The van der Waals surface area contributed by atoms with E-state index in [9.17, 15) is 9.65 Å². The van der Waals surface area contributed by atoms with Gasteiger partial charge in [0.15, 0.2) is 5.82 Å². The molecule has 3 nitrogen and oxygen atoms in total. The summed E-state index contributed by atoms with van der Waals surface area (Å²) >= 11 is 0. The summed E-state index contributed by atoms with van der Waals surface area (Å²) < 4.78 is 47.4. The Labute approximate surface area is 230 Å². The van der Waals surface area contributed by atoms with Gasteiger partial charge in [0.1, 0.15) is 19.6 Å². The fourth-order valence-corrected chi connectivity index (χ4v) is 6.21. The highest BCUT2D eigenvalue weighted by Gasteiger charge is 2.35. The Morgan fingerprint density at radius 3 is 2.41 bits per heavy atom. The number of furan rings is 1. The number of benzene rings is 4. The number of fused-ring (bicyclic) bond motifs is 6. The van der Waals surface area contributed by atoms with E-state index < -0.39 is 18.0 Å². The summed E-state index contributed by atoms with van der Waals surface area (Å²) in [5.74, 6) is -1.04. The second kappa shape index (κ2) is 8.12. The van der Waals surface area contributed by atoms with E-state index in [0.29, 0.717) is 27.9 Å². The van der Waals surface area contributed by atoms with Gasteiger partial charge in [0, 0.05) is 27.8 Å². The number of halogens is 1. The van der Waals surface area contributed by atoms with Gasteiger partial charge in [-0.2, -0.15) is 9.83 Å². The lowest BCUT2D eigenvalue weighted by Crippen LogP contribution is -2.31. The van der Waals surface area contributed by atoms with E-state index in [1.165, 1.54) is 28.3 Å². The quantitative estimate of drug-likeness (QED) is 0.219. The maximum atomic E-state index is 14.5. The molecule has 7 rings (SSSR count). The molecule has 6 aromatic rings. The molecule has 0 radical (unpaired) electrons. The second-order valence-electron chi connectivity index (χ2n) is 10.7. The summed E-state index contributed by atoms with van der Waals surface area (Å²) in [6.07, 6.45) is -0.479. The zero-order valence-corrected chi connectivity index (χ0v) is 22.0. The SMILES string of the molecule is [2H]c1c([2H])c(-c2c(C)ccc3c2oc2c(-c4ccc5c(c4)-c4ccccc4C5(C)C)c(C#N)ccc23)[n+](C)c([2H])c1F. The number of aryl methyl sites for hydroxylation is 1. The number of aromatic nitrogens is 1. The summed E-state index contributed by atoms with van der Waals surface area (Å²) in [5, 5.41) is 11.8. The van der Waals surface area contributed by atoms with Crippen molar-refractivity contribution >= 4 is 21.9 Å². The summed E-state index contributed by atoms with van der Waals surface area (Å²) in [7, 11) is 1.52. The van der Waals surface area contributed by atoms with E-state index in [-0.39, 0.29) is 17.2 Å². The number of hydrogen-bond acceptors (Lipinski definition) is 2. The molecule has 0 saturated heterocycles. The molecular formula is C35H26FN2O+. The van der Waals surface area contributed by atoms with Crippen molar-refractivity contribution < 1.29 is 17.5 Å². The van der Waals surface area contributed by atoms with Gasteiger partial charge in [-0.05, 0) is 64.5 Å². The predicted molar refractivity (Wildman–Crippen MR) is 153 cm³/mol. The van der Waals surface area contributed by atoms with E-state index in [2.05, 4.69) is 50.2 Å². The first-order valence-corrected chi connectivity index (χ1v) is 12.9. The van der Waals surface area contributed by atoms with E-state index in [0.717, 1.165) is 27.5 Å². The smallest absolute Gasteiger partial charge is 0.216 e. The van der Waals surface area contributed by atoms with Crippen LogP contribution in [0.5, 0.6) is 0 Å². The lowest BCUT2D eigenvalue weighted by Gasteiger charge is -2.21. The van der Waals surface area contributed by atoms with Gasteiger partial charge < -0.3 is 4.42 Å². The lowest BCUT2D eigenvalue weighted by atomic mass is 9.82. The molecule has 0 N–H and O–H groups in total. The van der Waals surface area contributed by atoms with Crippen molar-refractivity contribution in [3.8, 4) is 39.6 Å². The van der Waals surface area contributed by atoms with Crippen LogP contribution in [-0.4, -0.2) is 0 Å². The predicted octanol–water partition coefficient (Wildman–Crippen LogP) is 8.37. The van der Waals surface area contributed by atoms with Crippen LogP contribution in [0.4, 0.5) is 4.39 Å². The van der Waals surface area contributed by atoms with Crippen molar-refractivity contribution in [1.29, 1.82) is 5.26 Å². The molecule has 0 saturated carbocycles. The molecular weight excluding hydrogens is 483 g/mol. The maximum Gasteiger partial charge on any atom is 0.216 e. The monoisotopic (exact) mass is 512 g/mol. The maximum absolute atomic E-state index is 14.5. The number of nitrogens with zero attached hydrogens (tertiary/aromatic N) is 2. The molecule has 4 aromatic carbocycles. The first-order valence-electron chi connectivity index (χ1n) is 14.4. The van der Waals surface area contributed by atoms with Crippen LogP contribution >= 0.6 is 0 Å². The highest BCUT2D eigenvalue weighted by atomic mass is 19.1. The summed E-state index contributed by atoms with van der Waals surface area (Å²) in [5.41, 5.74) is 9.17. The van der Waals surface area contributed by atoms with Crippen LogP contribution in [0.3, 0.4) is 0 Å². The Morgan fingerprint density at radius 1 is 0.897 bits per heavy atom. The highest BCUT2D eigenvalue weighted by molar-refractivity contribution is 6.14. The van der Waals surface area contributed by atoms with Crippen molar-refractivity contribution in [2.75, 3.05) is 0 Å². The van der Waals surface area contributed by atoms with E-state index in [1.807, 2.05) is 37.3 Å². The number of rotatable bonds is 2. The molecule has 4 heteroatoms. The van der Waals surface area contributed by atoms with Crippen molar-refractivity contribution in [2.24, 2.45) is 7.05 Å². The fourth-order valence-electron chi connectivity index (χ4n) is 6.21. The zero-order chi connectivity index (χ0) is 29.7. The molecule has 0 atom stereocenters. The summed E-state index contributed by atoms with van der Waals surface area (Å²) in [6.45, 7) is 6.31. The summed E-state index contributed by atoms with van der Waals surface area (Å²) in [4.78, 5) is 0. The Morgan fingerprint density at radius 2 is 1.62 bits per heavy atom. The third kappa shape index (κ3) is 3.23. The van der Waals surface area contributed by atoms with E-state index in [4.69, 9.17) is 8.53 Å². The van der Waals surface area contributed by atoms with Gasteiger partial charge in [0.25, 0.3) is 0 Å². The topological polar surface area (TPSA) is 40.8 Å². The lowest BCUT2D eigenvalue weighted by molar-refractivity contribution is -0.661. The summed E-state index contributed by atoms with van der Waals surface area (Å²) in [6, 6.07) is 23.6. The Hall–Kier alpha value is -4.75. The minimum Gasteiger partial charge on any atom is -0.454 e. The third-order valence-electron chi connectivity index (χ3n) is 8.14. The molecule has 2 heterocycles. The van der Waals surface area contributed by atoms with Gasteiger partial charge in [0.05, 0.1) is 19.9 Å². The molecule has 2 aromatic heterocycles. The van der Waals surface area contributed by atoms with Crippen LogP contribution < -0.4 is 4.57 Å². The van der Waals surface area contributed by atoms with Crippen LogP contribution in [0.25, 0.3) is 55.4 Å². The average molecular weight is 513 g/mol. The molecule has 0 amide bonds. The number of pyridine rings is 1. The van der Waals surface area contributed by atoms with Crippen LogP contribution in [0.2, 0.25) is 0 Å².